The third kappa shape index (κ3) is 4.41. The highest BCUT2D eigenvalue weighted by Gasteiger charge is 1.63. The number of rotatable bonds is 2. The van der Waals surface area contributed by atoms with Gasteiger partial charge < -0.3 is 3.94 Å². The molecule has 0 aromatic heterocycles. The molecule has 0 saturated heterocycles. The van der Waals surface area contributed by atoms with Gasteiger partial charge in [0.15, 0.2) is 0 Å². The fraction of sp³-hybridized carbons (Fsp3) is 1.00. The minimum absolute atomic E-state index is 0.551. The molecule has 0 aliphatic heterocycles. The maximum Gasteiger partial charge on any atom is 0.470 e. The van der Waals surface area contributed by atoms with Crippen molar-refractivity contribution >= 4 is 16.6 Å². The molecule has 0 aliphatic rings. The lowest BCUT2D eigenvalue weighted by molar-refractivity contribution is -0.454. The Hall–Kier alpha value is 0.412. The second-order valence-electron chi connectivity index (χ2n) is 0.401. The van der Waals surface area contributed by atoms with Gasteiger partial charge in [-0.1, -0.05) is 0 Å². The van der Waals surface area contributed by atoms with Crippen molar-refractivity contribution in [3.05, 3.63) is 0 Å². The van der Waals surface area contributed by atoms with Gasteiger partial charge in [0, 0.05) is 0 Å². The SMILES string of the molecule is COO[O][AlH2]. The van der Waals surface area contributed by atoms with Crippen LogP contribution in [0.5, 0.6) is 0 Å². The highest BCUT2D eigenvalue weighted by atomic mass is 27.1. The molecule has 3 nitrogen and oxygen atoms in total. The van der Waals surface area contributed by atoms with Gasteiger partial charge in [-0.3, -0.25) is 0 Å². The number of hydrogen-bond donors (Lipinski definition) is 0. The standard InChI is InChI=1S/CH4O3.Al.2H/c1-3-4-2;;;/h2H,1H3;;;/q;+1;;/p-1. The second kappa shape index (κ2) is 4.41. The van der Waals surface area contributed by atoms with Gasteiger partial charge in [-0.05, 0) is 0 Å². The van der Waals surface area contributed by atoms with Crippen LogP contribution < -0.4 is 0 Å². The summed E-state index contributed by atoms with van der Waals surface area (Å²) in [5.41, 5.74) is 0. The van der Waals surface area contributed by atoms with Crippen LogP contribution in [0.15, 0.2) is 0 Å². The second-order valence-corrected chi connectivity index (χ2v) is 0.735. The summed E-state index contributed by atoms with van der Waals surface area (Å²) in [5, 5.41) is 3.90. The van der Waals surface area contributed by atoms with Crippen molar-refractivity contribution in [3.8, 4) is 0 Å². The first-order valence-corrected chi connectivity index (χ1v) is 1.97. The quantitative estimate of drug-likeness (QED) is 0.249. The summed E-state index contributed by atoms with van der Waals surface area (Å²) < 4.78 is 4.11. The topological polar surface area (TPSA) is 27.7 Å². The molecular weight excluding hydrogens is 87.0 g/mol. The Kier molecular flexibility index (Phi) is 4.78. The van der Waals surface area contributed by atoms with Crippen LogP contribution >= 0.6 is 0 Å². The van der Waals surface area contributed by atoms with Crippen molar-refractivity contribution < 1.29 is 13.9 Å². The third-order valence-electron chi connectivity index (χ3n) is 0.136. The van der Waals surface area contributed by atoms with Gasteiger partial charge in [-0.2, -0.15) is 0 Å². The molecule has 0 aliphatic carbocycles. The molecule has 0 N–H and O–H groups in total. The molecule has 0 radical (unpaired) electrons. The van der Waals surface area contributed by atoms with Gasteiger partial charge in [0.1, 0.15) is 0 Å². The average molecular weight is 92.0 g/mol. The Morgan fingerprint density at radius 1 is 1.60 bits per heavy atom. The van der Waals surface area contributed by atoms with E-state index in [9.17, 15) is 0 Å². The molecule has 0 aromatic rings. The highest BCUT2D eigenvalue weighted by Crippen LogP contribution is 1.63. The van der Waals surface area contributed by atoms with Crippen LogP contribution in [-0.4, -0.2) is 23.7 Å². The van der Waals surface area contributed by atoms with Crippen molar-refractivity contribution in [2.75, 3.05) is 7.11 Å². The summed E-state index contributed by atoms with van der Waals surface area (Å²) in [4.78, 5) is 4.00. The smallest absolute Gasteiger partial charge is 0.354 e. The van der Waals surface area contributed by atoms with Crippen LogP contribution in [0, 0.1) is 0 Å². The van der Waals surface area contributed by atoms with E-state index in [1.807, 2.05) is 0 Å². The molecule has 0 rings (SSSR count). The minimum Gasteiger partial charge on any atom is -0.354 e. The maximum atomic E-state index is 4.11. The molecule has 0 spiro atoms. The Morgan fingerprint density at radius 3 is 2.20 bits per heavy atom. The average Bonchev–Trinajstić information content (AvgIpc) is 1.41. The third-order valence-corrected chi connectivity index (χ3v) is 0.272. The summed E-state index contributed by atoms with van der Waals surface area (Å²) >= 11 is 0.551. The molecule has 0 fully saturated rings. The first-order valence-electron chi connectivity index (χ1n) is 1.15. The van der Waals surface area contributed by atoms with E-state index in [0.29, 0.717) is 16.6 Å². The van der Waals surface area contributed by atoms with Crippen molar-refractivity contribution in [1.82, 2.24) is 0 Å². The van der Waals surface area contributed by atoms with Crippen LogP contribution in [0.2, 0.25) is 0 Å². The van der Waals surface area contributed by atoms with Gasteiger partial charge in [-0.25, -0.2) is 4.89 Å². The summed E-state index contributed by atoms with van der Waals surface area (Å²) in [5.74, 6) is 0. The largest absolute Gasteiger partial charge is 0.470 e. The molecule has 0 saturated carbocycles. The molecule has 0 atom stereocenters. The summed E-state index contributed by atoms with van der Waals surface area (Å²) in [6, 6.07) is 0. The zero-order valence-corrected chi connectivity index (χ0v) is 5.22. The first kappa shape index (κ1) is 5.41. The molecule has 5 heavy (non-hydrogen) atoms. The van der Waals surface area contributed by atoms with Crippen LogP contribution in [0.25, 0.3) is 0 Å². The Labute approximate surface area is 38.4 Å². The first-order chi connectivity index (χ1) is 2.41. The number of hydrogen-bond acceptors (Lipinski definition) is 3. The normalized spacial score (nSPS) is 8.20. The van der Waals surface area contributed by atoms with Gasteiger partial charge in [0.25, 0.3) is 0 Å². The van der Waals surface area contributed by atoms with Crippen LogP contribution in [0.3, 0.4) is 0 Å². The lowest BCUT2D eigenvalue weighted by Crippen LogP contribution is -1.84. The van der Waals surface area contributed by atoms with E-state index in [4.69, 9.17) is 0 Å². The van der Waals surface area contributed by atoms with Crippen molar-refractivity contribution in [2.45, 2.75) is 0 Å². The summed E-state index contributed by atoms with van der Waals surface area (Å²) in [7, 11) is 1.39. The zero-order valence-electron chi connectivity index (χ0n) is 3.22. The molecule has 4 heteroatoms. The molecule has 0 aromatic carbocycles. The van der Waals surface area contributed by atoms with Crippen molar-refractivity contribution in [3.63, 3.8) is 0 Å². The molecule has 0 amide bonds. The summed E-state index contributed by atoms with van der Waals surface area (Å²) in [6.07, 6.45) is 0. The fourth-order valence-electron chi connectivity index (χ4n) is 0.0680. The van der Waals surface area contributed by atoms with Gasteiger partial charge in [0.2, 0.25) is 0 Å². The van der Waals surface area contributed by atoms with E-state index < -0.39 is 0 Å². The van der Waals surface area contributed by atoms with Gasteiger partial charge >= 0.3 is 16.6 Å². The van der Waals surface area contributed by atoms with E-state index in [1.165, 1.54) is 7.11 Å². The lowest BCUT2D eigenvalue weighted by atomic mass is 11.8. The van der Waals surface area contributed by atoms with Gasteiger partial charge in [0.05, 0.1) is 7.11 Å². The van der Waals surface area contributed by atoms with Crippen LogP contribution in [0.1, 0.15) is 0 Å². The van der Waals surface area contributed by atoms with Crippen molar-refractivity contribution in [2.24, 2.45) is 0 Å². The molecule has 0 bridgehead atoms. The predicted octanol–water partition coefficient (Wildman–Crippen LogP) is -0.956. The van der Waals surface area contributed by atoms with E-state index in [2.05, 4.69) is 13.9 Å². The fourth-order valence-corrected chi connectivity index (χ4v) is 0.204. The maximum absolute atomic E-state index is 4.11. The highest BCUT2D eigenvalue weighted by molar-refractivity contribution is 5.97. The van der Waals surface area contributed by atoms with Crippen molar-refractivity contribution in [1.29, 1.82) is 0 Å². The van der Waals surface area contributed by atoms with E-state index in [-0.39, 0.29) is 0 Å². The monoisotopic (exact) mass is 92.0 g/mol. The van der Waals surface area contributed by atoms with Gasteiger partial charge in [-0.15, -0.1) is 5.04 Å². The van der Waals surface area contributed by atoms with Crippen LogP contribution in [0.4, 0.5) is 0 Å². The molecular formula is CH5AlO3. The Bertz CT molecular complexity index is 14.4. The van der Waals surface area contributed by atoms with E-state index in [0.717, 1.165) is 0 Å². The predicted molar refractivity (Wildman–Crippen MR) is 17.7 cm³/mol. The molecule has 0 heterocycles. The molecule has 0 unspecified atom stereocenters. The Morgan fingerprint density at radius 2 is 2.20 bits per heavy atom. The molecule has 30 valence electrons. The summed E-state index contributed by atoms with van der Waals surface area (Å²) in [6.45, 7) is 0. The Balaban J connectivity index is 2.19. The van der Waals surface area contributed by atoms with E-state index in [1.54, 1.807) is 0 Å². The zero-order chi connectivity index (χ0) is 4.12. The van der Waals surface area contributed by atoms with E-state index >= 15 is 0 Å². The minimum atomic E-state index is 0.551. The van der Waals surface area contributed by atoms with Crippen LogP contribution in [-0.2, 0) is 13.9 Å². The lowest BCUT2D eigenvalue weighted by Gasteiger charge is -1.88.